The maximum Gasteiger partial charge on any atom is 0.213 e. The highest BCUT2D eigenvalue weighted by molar-refractivity contribution is 5.23. The normalized spacial score (nSPS) is 10.2. The molecule has 4 heteroatoms. The van der Waals surface area contributed by atoms with Crippen LogP contribution < -0.4 is 4.74 Å². The summed E-state index contributed by atoms with van der Waals surface area (Å²) in [6, 6.07) is 10.6. The van der Waals surface area contributed by atoms with Crippen molar-refractivity contribution in [3.8, 4) is 11.6 Å². The lowest BCUT2D eigenvalue weighted by atomic mass is 10.1. The molecule has 2 aromatic rings. The predicted molar refractivity (Wildman–Crippen MR) is 62.6 cm³/mol. The van der Waals surface area contributed by atoms with Gasteiger partial charge < -0.3 is 14.9 Å². The Morgan fingerprint density at radius 1 is 1.00 bits per heavy atom. The van der Waals surface area contributed by atoms with Crippen LogP contribution in [0.5, 0.6) is 11.6 Å². The quantitative estimate of drug-likeness (QED) is 0.843. The van der Waals surface area contributed by atoms with E-state index in [9.17, 15) is 0 Å². The number of aromatic nitrogens is 1. The smallest absolute Gasteiger partial charge is 0.213 e. The van der Waals surface area contributed by atoms with Crippen LogP contribution in [0, 0.1) is 0 Å². The Labute approximate surface area is 99.1 Å². The van der Waals surface area contributed by atoms with Gasteiger partial charge in [0.25, 0.3) is 0 Å². The van der Waals surface area contributed by atoms with Crippen molar-refractivity contribution in [3.05, 3.63) is 53.7 Å². The highest BCUT2D eigenvalue weighted by atomic mass is 16.5. The van der Waals surface area contributed by atoms with E-state index >= 15 is 0 Å². The highest BCUT2D eigenvalue weighted by Gasteiger charge is 1.98. The number of aliphatic hydroxyl groups is 1. The predicted octanol–water partition coefficient (Wildman–Crippen LogP) is 1.86. The summed E-state index contributed by atoms with van der Waals surface area (Å²) in [4.78, 5) is 3.91. The van der Waals surface area contributed by atoms with Crippen molar-refractivity contribution < 1.29 is 14.9 Å². The van der Waals surface area contributed by atoms with Crippen LogP contribution in [0.4, 0.5) is 0 Å². The average molecular weight is 231 g/mol. The minimum absolute atomic E-state index is 0.0423. The van der Waals surface area contributed by atoms with E-state index in [0.29, 0.717) is 12.5 Å². The Hall–Kier alpha value is -2.07. The van der Waals surface area contributed by atoms with Gasteiger partial charge >= 0.3 is 0 Å². The van der Waals surface area contributed by atoms with Gasteiger partial charge in [0, 0.05) is 6.07 Å². The molecule has 1 aromatic heterocycles. The summed E-state index contributed by atoms with van der Waals surface area (Å²) in [5.74, 6) is 0.582. The number of hydrogen-bond acceptors (Lipinski definition) is 4. The lowest BCUT2D eigenvalue weighted by molar-refractivity contribution is 0.281. The molecule has 0 saturated carbocycles. The number of benzene rings is 1. The molecule has 0 amide bonds. The minimum atomic E-state index is 0.0423. The van der Waals surface area contributed by atoms with Crippen molar-refractivity contribution in [1.82, 2.24) is 4.98 Å². The standard InChI is InChI=1S/C13H13NO3/c15-8-10-1-3-11(4-2-10)9-17-13-6-5-12(16)7-14-13/h1-7,15-16H,8-9H2. The summed E-state index contributed by atoms with van der Waals surface area (Å²) in [6.45, 7) is 0.449. The van der Waals surface area contributed by atoms with Gasteiger partial charge in [-0.3, -0.25) is 0 Å². The number of aromatic hydroxyl groups is 1. The Morgan fingerprint density at radius 3 is 2.29 bits per heavy atom. The molecule has 2 rings (SSSR count). The van der Waals surface area contributed by atoms with Gasteiger partial charge in [0.15, 0.2) is 0 Å². The Kier molecular flexibility index (Phi) is 3.57. The Balaban J connectivity index is 1.95. The third-order valence-corrected chi connectivity index (χ3v) is 2.31. The van der Waals surface area contributed by atoms with E-state index in [4.69, 9.17) is 14.9 Å². The summed E-state index contributed by atoms with van der Waals surface area (Å²) in [6.07, 6.45) is 1.34. The number of pyridine rings is 1. The molecule has 0 saturated heterocycles. The van der Waals surface area contributed by atoms with Crippen LogP contribution in [0.25, 0.3) is 0 Å². The second kappa shape index (κ2) is 5.32. The van der Waals surface area contributed by atoms with Crippen LogP contribution in [0.1, 0.15) is 11.1 Å². The van der Waals surface area contributed by atoms with Crippen molar-refractivity contribution in [2.75, 3.05) is 0 Å². The van der Waals surface area contributed by atoms with Crippen LogP contribution in [-0.4, -0.2) is 15.2 Å². The molecule has 0 fully saturated rings. The van der Waals surface area contributed by atoms with Gasteiger partial charge in [-0.05, 0) is 17.2 Å². The Bertz CT molecular complexity index is 465. The fourth-order valence-electron chi connectivity index (χ4n) is 1.36. The second-order valence-electron chi connectivity index (χ2n) is 3.62. The fourth-order valence-corrected chi connectivity index (χ4v) is 1.36. The van der Waals surface area contributed by atoms with Crippen molar-refractivity contribution in [1.29, 1.82) is 0 Å². The van der Waals surface area contributed by atoms with E-state index in [-0.39, 0.29) is 12.4 Å². The maximum atomic E-state index is 9.06. The van der Waals surface area contributed by atoms with Gasteiger partial charge in [0.2, 0.25) is 5.88 Å². The van der Waals surface area contributed by atoms with Crippen molar-refractivity contribution in [2.24, 2.45) is 0 Å². The van der Waals surface area contributed by atoms with E-state index in [1.165, 1.54) is 12.3 Å². The van der Waals surface area contributed by atoms with Gasteiger partial charge in [0.1, 0.15) is 12.4 Å². The number of rotatable bonds is 4. The van der Waals surface area contributed by atoms with E-state index in [1.807, 2.05) is 24.3 Å². The number of ether oxygens (including phenoxy) is 1. The van der Waals surface area contributed by atoms with Crippen molar-refractivity contribution in [2.45, 2.75) is 13.2 Å². The SMILES string of the molecule is OCc1ccc(COc2ccc(O)cn2)cc1. The van der Waals surface area contributed by atoms with Crippen molar-refractivity contribution >= 4 is 0 Å². The van der Waals surface area contributed by atoms with Gasteiger partial charge in [-0.25, -0.2) is 4.98 Å². The molecule has 1 aromatic carbocycles. The van der Waals surface area contributed by atoms with Gasteiger partial charge in [-0.2, -0.15) is 0 Å². The molecule has 4 nitrogen and oxygen atoms in total. The first kappa shape index (κ1) is 11.4. The molecule has 1 heterocycles. The molecule has 88 valence electrons. The summed E-state index contributed by atoms with van der Waals surface area (Å²) in [5.41, 5.74) is 1.87. The van der Waals surface area contributed by atoms with E-state index < -0.39 is 0 Å². The average Bonchev–Trinajstić information content (AvgIpc) is 2.39. The first-order chi connectivity index (χ1) is 8.28. The van der Waals surface area contributed by atoms with Crippen molar-refractivity contribution in [3.63, 3.8) is 0 Å². The maximum absolute atomic E-state index is 9.06. The molecule has 2 N–H and O–H groups in total. The lowest BCUT2D eigenvalue weighted by Crippen LogP contribution is -1.97. The lowest BCUT2D eigenvalue weighted by Gasteiger charge is -2.05. The summed E-state index contributed by atoms with van der Waals surface area (Å²) >= 11 is 0. The van der Waals surface area contributed by atoms with Crippen LogP contribution in [0.15, 0.2) is 42.6 Å². The van der Waals surface area contributed by atoms with E-state index in [1.54, 1.807) is 6.07 Å². The zero-order valence-corrected chi connectivity index (χ0v) is 9.21. The first-order valence-electron chi connectivity index (χ1n) is 5.24. The topological polar surface area (TPSA) is 62.6 Å². The van der Waals surface area contributed by atoms with Crippen LogP contribution >= 0.6 is 0 Å². The molecule has 0 bridgehead atoms. The molecule has 0 unspecified atom stereocenters. The van der Waals surface area contributed by atoms with E-state index in [2.05, 4.69) is 4.98 Å². The van der Waals surface area contributed by atoms with Gasteiger partial charge in [-0.1, -0.05) is 24.3 Å². The molecule has 0 aliphatic carbocycles. The third kappa shape index (κ3) is 3.19. The molecule has 0 atom stereocenters. The molecular formula is C13H13NO3. The molecule has 17 heavy (non-hydrogen) atoms. The highest BCUT2D eigenvalue weighted by Crippen LogP contribution is 2.13. The fraction of sp³-hybridized carbons (Fsp3) is 0.154. The molecule has 0 spiro atoms. The molecule has 0 aliphatic heterocycles. The minimum Gasteiger partial charge on any atom is -0.506 e. The number of hydrogen-bond donors (Lipinski definition) is 2. The monoisotopic (exact) mass is 231 g/mol. The molecule has 0 aliphatic rings. The molecular weight excluding hydrogens is 218 g/mol. The summed E-state index contributed by atoms with van der Waals surface area (Å²) in [7, 11) is 0. The summed E-state index contributed by atoms with van der Waals surface area (Å²) < 4.78 is 5.44. The first-order valence-corrected chi connectivity index (χ1v) is 5.24. The zero-order chi connectivity index (χ0) is 12.1. The Morgan fingerprint density at radius 2 is 1.71 bits per heavy atom. The molecule has 0 radical (unpaired) electrons. The van der Waals surface area contributed by atoms with Gasteiger partial charge in [0.05, 0.1) is 12.8 Å². The van der Waals surface area contributed by atoms with Gasteiger partial charge in [-0.15, -0.1) is 0 Å². The van der Waals surface area contributed by atoms with Crippen LogP contribution in [0.3, 0.4) is 0 Å². The van der Waals surface area contributed by atoms with Crippen LogP contribution in [-0.2, 0) is 13.2 Å². The third-order valence-electron chi connectivity index (χ3n) is 2.31. The largest absolute Gasteiger partial charge is 0.506 e. The summed E-state index contributed by atoms with van der Waals surface area (Å²) in [5, 5.41) is 18.0. The van der Waals surface area contributed by atoms with Crippen LogP contribution in [0.2, 0.25) is 0 Å². The second-order valence-corrected chi connectivity index (χ2v) is 3.62. The zero-order valence-electron chi connectivity index (χ0n) is 9.21. The number of aliphatic hydroxyl groups excluding tert-OH is 1. The number of nitrogens with zero attached hydrogens (tertiary/aromatic N) is 1. The van der Waals surface area contributed by atoms with E-state index in [0.717, 1.165) is 11.1 Å².